The molecular weight excluding hydrogens is 283 g/mol. The standard InChI is InChI=1S/C21H29P/c1-4-6-13-19-14-9-11-16-21(19)22(17-7-5-2)20-15-10-8-12-18(20)3/h8-12,14-16H,4-7,13,17H2,1-3H3. The van der Waals surface area contributed by atoms with Crippen LogP contribution in [0.15, 0.2) is 48.5 Å². The zero-order valence-corrected chi connectivity index (χ0v) is 15.2. The average molecular weight is 312 g/mol. The smallest absolute Gasteiger partial charge is 0.0163 e. The molecule has 0 aliphatic carbocycles. The van der Waals surface area contributed by atoms with E-state index in [1.165, 1.54) is 43.8 Å². The molecule has 118 valence electrons. The van der Waals surface area contributed by atoms with Gasteiger partial charge in [0.1, 0.15) is 0 Å². The number of unbranched alkanes of at least 4 members (excludes halogenated alkanes) is 2. The first kappa shape index (κ1) is 17.2. The Bertz CT molecular complexity index is 574. The van der Waals surface area contributed by atoms with E-state index in [2.05, 4.69) is 69.3 Å². The highest BCUT2D eigenvalue weighted by Crippen LogP contribution is 2.37. The van der Waals surface area contributed by atoms with Crippen LogP contribution in [0.4, 0.5) is 0 Å². The van der Waals surface area contributed by atoms with E-state index in [-0.39, 0.29) is 7.92 Å². The highest BCUT2D eigenvalue weighted by Gasteiger charge is 2.17. The molecule has 0 bridgehead atoms. The van der Waals surface area contributed by atoms with Gasteiger partial charge in [0.15, 0.2) is 0 Å². The molecule has 0 amide bonds. The van der Waals surface area contributed by atoms with E-state index in [0.29, 0.717) is 0 Å². The quantitative estimate of drug-likeness (QED) is 0.559. The largest absolute Gasteiger partial charge is 0.0654 e. The number of benzene rings is 2. The third-order valence-electron chi connectivity index (χ3n) is 4.22. The Morgan fingerprint density at radius 2 is 1.41 bits per heavy atom. The number of hydrogen-bond donors (Lipinski definition) is 0. The van der Waals surface area contributed by atoms with E-state index < -0.39 is 0 Å². The summed E-state index contributed by atoms with van der Waals surface area (Å²) in [6.07, 6.45) is 7.71. The van der Waals surface area contributed by atoms with Gasteiger partial charge in [-0.25, -0.2) is 0 Å². The van der Waals surface area contributed by atoms with E-state index >= 15 is 0 Å². The summed E-state index contributed by atoms with van der Waals surface area (Å²) in [5.41, 5.74) is 3.03. The second-order valence-electron chi connectivity index (χ2n) is 6.02. The zero-order valence-electron chi connectivity index (χ0n) is 14.3. The van der Waals surface area contributed by atoms with Crippen molar-refractivity contribution in [1.29, 1.82) is 0 Å². The van der Waals surface area contributed by atoms with Crippen molar-refractivity contribution < 1.29 is 0 Å². The van der Waals surface area contributed by atoms with Crippen LogP contribution in [-0.4, -0.2) is 6.16 Å². The first-order valence-electron chi connectivity index (χ1n) is 8.69. The van der Waals surface area contributed by atoms with Crippen LogP contribution in [0.3, 0.4) is 0 Å². The fourth-order valence-corrected chi connectivity index (χ4v) is 5.85. The van der Waals surface area contributed by atoms with Crippen molar-refractivity contribution in [2.75, 3.05) is 6.16 Å². The average Bonchev–Trinajstić information content (AvgIpc) is 2.55. The fourth-order valence-electron chi connectivity index (χ4n) is 2.91. The van der Waals surface area contributed by atoms with Gasteiger partial charge >= 0.3 is 0 Å². The van der Waals surface area contributed by atoms with Gasteiger partial charge in [0.2, 0.25) is 0 Å². The monoisotopic (exact) mass is 312 g/mol. The molecule has 0 aromatic heterocycles. The van der Waals surface area contributed by atoms with Crippen molar-refractivity contribution in [1.82, 2.24) is 0 Å². The van der Waals surface area contributed by atoms with Crippen LogP contribution in [0.5, 0.6) is 0 Å². The van der Waals surface area contributed by atoms with Crippen LogP contribution in [0, 0.1) is 6.92 Å². The van der Waals surface area contributed by atoms with Gasteiger partial charge in [-0.2, -0.15) is 0 Å². The van der Waals surface area contributed by atoms with Gasteiger partial charge in [0, 0.05) is 0 Å². The molecule has 0 aliphatic rings. The van der Waals surface area contributed by atoms with Crippen LogP contribution >= 0.6 is 7.92 Å². The van der Waals surface area contributed by atoms with Crippen LogP contribution in [0.1, 0.15) is 50.7 Å². The zero-order chi connectivity index (χ0) is 15.8. The minimum absolute atomic E-state index is 0.215. The van der Waals surface area contributed by atoms with E-state index in [0.717, 1.165) is 0 Å². The molecular formula is C21H29P. The fraction of sp³-hybridized carbons (Fsp3) is 0.429. The second kappa shape index (κ2) is 9.11. The van der Waals surface area contributed by atoms with Gasteiger partial charge in [-0.05, 0) is 62.0 Å². The summed E-state index contributed by atoms with van der Waals surface area (Å²) in [6, 6.07) is 18.2. The van der Waals surface area contributed by atoms with E-state index in [4.69, 9.17) is 0 Å². The molecule has 0 N–H and O–H groups in total. The molecule has 0 saturated carbocycles. The van der Waals surface area contributed by atoms with Crippen LogP contribution in [0.25, 0.3) is 0 Å². The number of hydrogen-bond acceptors (Lipinski definition) is 0. The molecule has 0 fully saturated rings. The van der Waals surface area contributed by atoms with E-state index in [9.17, 15) is 0 Å². The molecule has 1 heteroatoms. The summed E-state index contributed by atoms with van der Waals surface area (Å²) in [4.78, 5) is 0. The molecule has 2 aromatic carbocycles. The predicted octanol–water partition coefficient (Wildman–Crippen LogP) is 5.57. The van der Waals surface area contributed by atoms with Crippen LogP contribution < -0.4 is 10.6 Å². The molecule has 0 saturated heterocycles. The molecule has 0 aliphatic heterocycles. The van der Waals surface area contributed by atoms with E-state index in [1.54, 1.807) is 16.2 Å². The predicted molar refractivity (Wildman–Crippen MR) is 102 cm³/mol. The third-order valence-corrected chi connectivity index (χ3v) is 7.09. The Morgan fingerprint density at radius 1 is 0.773 bits per heavy atom. The lowest BCUT2D eigenvalue weighted by molar-refractivity contribution is 0.798. The summed E-state index contributed by atoms with van der Waals surface area (Å²) >= 11 is 0. The topological polar surface area (TPSA) is 0 Å². The van der Waals surface area contributed by atoms with Crippen LogP contribution in [-0.2, 0) is 6.42 Å². The maximum Gasteiger partial charge on any atom is -0.0163 e. The summed E-state index contributed by atoms with van der Waals surface area (Å²) in [6.45, 7) is 6.85. The summed E-state index contributed by atoms with van der Waals surface area (Å²) in [5, 5.41) is 3.20. The lowest BCUT2D eigenvalue weighted by Crippen LogP contribution is -2.19. The van der Waals surface area contributed by atoms with Gasteiger partial charge in [-0.3, -0.25) is 0 Å². The first-order valence-corrected chi connectivity index (χ1v) is 10.2. The molecule has 1 atom stereocenters. The maximum atomic E-state index is 2.39. The summed E-state index contributed by atoms with van der Waals surface area (Å²) < 4.78 is 0. The minimum atomic E-state index is -0.215. The van der Waals surface area contributed by atoms with E-state index in [1.807, 2.05) is 0 Å². The molecule has 0 nitrogen and oxygen atoms in total. The van der Waals surface area contributed by atoms with Crippen molar-refractivity contribution in [2.24, 2.45) is 0 Å². The molecule has 0 spiro atoms. The highest BCUT2D eigenvalue weighted by molar-refractivity contribution is 7.73. The normalized spacial score (nSPS) is 12.3. The summed E-state index contributed by atoms with van der Waals surface area (Å²) in [5.74, 6) is 0. The van der Waals surface area contributed by atoms with Crippen molar-refractivity contribution in [3.05, 3.63) is 59.7 Å². The highest BCUT2D eigenvalue weighted by atomic mass is 31.1. The van der Waals surface area contributed by atoms with Crippen molar-refractivity contribution in [2.45, 2.75) is 52.9 Å². The Labute approximate surface area is 137 Å². The molecule has 22 heavy (non-hydrogen) atoms. The summed E-state index contributed by atoms with van der Waals surface area (Å²) in [7, 11) is -0.215. The number of rotatable bonds is 8. The molecule has 0 radical (unpaired) electrons. The molecule has 1 unspecified atom stereocenters. The SMILES string of the molecule is CCCCc1ccccc1P(CCCC)c1ccccc1C. The third kappa shape index (κ3) is 4.43. The van der Waals surface area contributed by atoms with Gasteiger partial charge in [-0.15, -0.1) is 0 Å². The number of aryl methyl sites for hydroxylation is 2. The Kier molecular flexibility index (Phi) is 7.13. The van der Waals surface area contributed by atoms with Crippen LogP contribution in [0.2, 0.25) is 0 Å². The molecule has 2 aromatic rings. The van der Waals surface area contributed by atoms with Crippen molar-refractivity contribution in [3.8, 4) is 0 Å². The molecule has 0 heterocycles. The Balaban J connectivity index is 2.39. The van der Waals surface area contributed by atoms with Crippen molar-refractivity contribution in [3.63, 3.8) is 0 Å². The lowest BCUT2D eigenvalue weighted by Gasteiger charge is -2.23. The maximum absolute atomic E-state index is 2.39. The van der Waals surface area contributed by atoms with Gasteiger partial charge < -0.3 is 0 Å². The van der Waals surface area contributed by atoms with Crippen molar-refractivity contribution >= 4 is 18.5 Å². The minimum Gasteiger partial charge on any atom is -0.0654 e. The first-order chi connectivity index (χ1) is 10.8. The lowest BCUT2D eigenvalue weighted by atomic mass is 10.1. The molecule has 2 rings (SSSR count). The Hall–Kier alpha value is -1.13. The van der Waals surface area contributed by atoms with Gasteiger partial charge in [0.25, 0.3) is 0 Å². The second-order valence-corrected chi connectivity index (χ2v) is 8.29. The van der Waals surface area contributed by atoms with Gasteiger partial charge in [-0.1, -0.05) is 75.2 Å². The van der Waals surface area contributed by atoms with Gasteiger partial charge in [0.05, 0.1) is 0 Å². The Morgan fingerprint density at radius 3 is 2.09 bits per heavy atom.